The third-order valence-corrected chi connectivity index (χ3v) is 3.52. The van der Waals surface area contributed by atoms with E-state index in [9.17, 15) is 4.79 Å². The van der Waals surface area contributed by atoms with Crippen molar-refractivity contribution in [3.63, 3.8) is 0 Å². The summed E-state index contributed by atoms with van der Waals surface area (Å²) in [6, 6.07) is 0. The lowest BCUT2D eigenvalue weighted by molar-refractivity contribution is -0.116. The molecule has 1 heterocycles. The van der Waals surface area contributed by atoms with Gasteiger partial charge in [0.15, 0.2) is 0 Å². The largest absolute Gasteiger partial charge is 0.383 e. The molecule has 0 aliphatic heterocycles. The fourth-order valence-corrected chi connectivity index (χ4v) is 2.02. The van der Waals surface area contributed by atoms with Gasteiger partial charge in [0.2, 0.25) is 5.91 Å². The molecule has 1 rings (SSSR count). The van der Waals surface area contributed by atoms with Crippen molar-refractivity contribution < 1.29 is 9.53 Å². The number of methoxy groups -OCH3 is 1. The van der Waals surface area contributed by atoms with E-state index in [0.29, 0.717) is 18.3 Å². The average molecular weight is 315 g/mol. The molecule has 1 aromatic rings. The zero-order chi connectivity index (χ0) is 15.8. The minimum atomic E-state index is -0.144. The summed E-state index contributed by atoms with van der Waals surface area (Å²) in [7, 11) is 5.42. The molecule has 7 heteroatoms. The first-order valence-electron chi connectivity index (χ1n) is 6.78. The van der Waals surface area contributed by atoms with E-state index in [2.05, 4.69) is 15.3 Å². The van der Waals surface area contributed by atoms with Gasteiger partial charge in [0.05, 0.1) is 12.3 Å². The van der Waals surface area contributed by atoms with Crippen LogP contribution in [0.4, 0.5) is 0 Å². The van der Waals surface area contributed by atoms with E-state index in [1.54, 1.807) is 24.9 Å². The maximum absolute atomic E-state index is 11.7. The van der Waals surface area contributed by atoms with Crippen molar-refractivity contribution in [2.24, 2.45) is 7.05 Å². The highest BCUT2D eigenvalue weighted by atomic mass is 35.5. The van der Waals surface area contributed by atoms with Gasteiger partial charge in [0.1, 0.15) is 5.15 Å². The molecule has 0 saturated carbocycles. The Morgan fingerprint density at radius 3 is 2.81 bits per heavy atom. The number of halogens is 1. The van der Waals surface area contributed by atoms with Crippen molar-refractivity contribution in [2.75, 3.05) is 40.4 Å². The summed E-state index contributed by atoms with van der Waals surface area (Å²) in [4.78, 5) is 13.8. The Balaban J connectivity index is 2.38. The molecule has 0 aliphatic carbocycles. The van der Waals surface area contributed by atoms with Crippen molar-refractivity contribution in [1.29, 1.82) is 0 Å². The van der Waals surface area contributed by atoms with Crippen molar-refractivity contribution in [3.05, 3.63) is 22.5 Å². The Morgan fingerprint density at radius 2 is 2.24 bits per heavy atom. The van der Waals surface area contributed by atoms with E-state index in [1.165, 1.54) is 6.08 Å². The normalized spacial score (nSPS) is 11.5. The van der Waals surface area contributed by atoms with Crippen LogP contribution in [0.2, 0.25) is 5.15 Å². The molecule has 0 unspecified atom stereocenters. The highest BCUT2D eigenvalue weighted by Gasteiger charge is 2.08. The number of nitrogens with one attached hydrogen (secondary N) is 1. The van der Waals surface area contributed by atoms with Gasteiger partial charge in [-0.1, -0.05) is 11.6 Å². The molecule has 6 nitrogen and oxygen atoms in total. The first-order chi connectivity index (χ1) is 9.95. The van der Waals surface area contributed by atoms with Crippen LogP contribution in [0, 0.1) is 6.92 Å². The molecular formula is C14H23ClN4O2. The molecule has 0 spiro atoms. The standard InChI is InChI=1S/C14H23ClN4O2/c1-11-12(14(15)19(3)17-11)5-6-13(20)16-7-8-18(2)9-10-21-4/h5-6H,7-10H2,1-4H3,(H,16,20)/b6-5-. The molecule has 0 atom stereocenters. The fraction of sp³-hybridized carbons (Fsp3) is 0.571. The van der Waals surface area contributed by atoms with Gasteiger partial charge >= 0.3 is 0 Å². The highest BCUT2D eigenvalue weighted by molar-refractivity contribution is 6.31. The topological polar surface area (TPSA) is 59.4 Å². The van der Waals surface area contributed by atoms with Crippen LogP contribution >= 0.6 is 11.6 Å². The average Bonchev–Trinajstić information content (AvgIpc) is 2.68. The van der Waals surface area contributed by atoms with Crippen LogP contribution in [0.3, 0.4) is 0 Å². The van der Waals surface area contributed by atoms with Crippen molar-refractivity contribution >= 4 is 23.6 Å². The monoisotopic (exact) mass is 314 g/mol. The number of carbonyl (C=O) groups excluding carboxylic acids is 1. The van der Waals surface area contributed by atoms with E-state index >= 15 is 0 Å². The zero-order valence-electron chi connectivity index (χ0n) is 13.0. The van der Waals surface area contributed by atoms with Crippen LogP contribution in [0.15, 0.2) is 6.08 Å². The van der Waals surface area contributed by atoms with Gasteiger partial charge in [-0.05, 0) is 20.0 Å². The Bertz CT molecular complexity index is 499. The summed E-state index contributed by atoms with van der Waals surface area (Å²) < 4.78 is 6.57. The number of rotatable bonds is 8. The number of nitrogens with zero attached hydrogens (tertiary/aromatic N) is 3. The summed E-state index contributed by atoms with van der Waals surface area (Å²) in [5.41, 5.74) is 1.57. The number of ether oxygens (including phenoxy) is 1. The number of carbonyl (C=O) groups is 1. The van der Waals surface area contributed by atoms with Gasteiger partial charge in [-0.3, -0.25) is 9.48 Å². The highest BCUT2D eigenvalue weighted by Crippen LogP contribution is 2.19. The number of aromatic nitrogens is 2. The molecule has 0 bridgehead atoms. The molecule has 0 aromatic carbocycles. The fourth-order valence-electron chi connectivity index (χ4n) is 1.78. The van der Waals surface area contributed by atoms with Crippen molar-refractivity contribution in [3.8, 4) is 0 Å². The van der Waals surface area contributed by atoms with E-state index < -0.39 is 0 Å². The number of amides is 1. The third kappa shape index (κ3) is 5.87. The zero-order valence-corrected chi connectivity index (χ0v) is 13.8. The van der Waals surface area contributed by atoms with Gasteiger partial charge in [0.25, 0.3) is 0 Å². The smallest absolute Gasteiger partial charge is 0.244 e. The quantitative estimate of drug-likeness (QED) is 0.730. The van der Waals surface area contributed by atoms with Crippen LogP contribution in [-0.4, -0.2) is 61.0 Å². The lowest BCUT2D eigenvalue weighted by atomic mass is 10.2. The molecule has 21 heavy (non-hydrogen) atoms. The van der Waals surface area contributed by atoms with Crippen molar-refractivity contribution in [1.82, 2.24) is 20.0 Å². The Hall–Kier alpha value is -1.37. The molecule has 0 radical (unpaired) electrons. The minimum Gasteiger partial charge on any atom is -0.383 e. The summed E-state index contributed by atoms with van der Waals surface area (Å²) in [6.45, 7) is 4.74. The first-order valence-corrected chi connectivity index (χ1v) is 7.16. The van der Waals surface area contributed by atoms with Crippen molar-refractivity contribution in [2.45, 2.75) is 6.92 Å². The summed E-state index contributed by atoms with van der Waals surface area (Å²) in [5, 5.41) is 7.54. The minimum absolute atomic E-state index is 0.144. The number of hydrogen-bond donors (Lipinski definition) is 1. The Labute approximate surface area is 130 Å². The van der Waals surface area contributed by atoms with E-state index in [-0.39, 0.29) is 5.91 Å². The second-order valence-corrected chi connectivity index (χ2v) is 5.19. The predicted octanol–water partition coefficient (Wildman–Crippen LogP) is 1.09. The summed E-state index contributed by atoms with van der Waals surface area (Å²) in [5.74, 6) is -0.144. The van der Waals surface area contributed by atoms with Gasteiger partial charge in [0, 0.05) is 45.4 Å². The summed E-state index contributed by atoms with van der Waals surface area (Å²) in [6.07, 6.45) is 3.17. The molecule has 1 amide bonds. The lowest BCUT2D eigenvalue weighted by Crippen LogP contribution is -2.33. The summed E-state index contributed by atoms with van der Waals surface area (Å²) >= 11 is 6.09. The molecular weight excluding hydrogens is 292 g/mol. The van der Waals surface area contributed by atoms with Gasteiger partial charge in [-0.15, -0.1) is 0 Å². The van der Waals surface area contributed by atoms with E-state index in [4.69, 9.17) is 16.3 Å². The molecule has 0 aliphatic rings. The maximum Gasteiger partial charge on any atom is 0.244 e. The lowest BCUT2D eigenvalue weighted by Gasteiger charge is -2.15. The van der Waals surface area contributed by atoms with E-state index in [0.717, 1.165) is 24.3 Å². The second-order valence-electron chi connectivity index (χ2n) is 4.83. The maximum atomic E-state index is 11.7. The number of hydrogen-bond acceptors (Lipinski definition) is 4. The first kappa shape index (κ1) is 17.7. The van der Waals surface area contributed by atoms with Crippen LogP contribution in [0.5, 0.6) is 0 Å². The van der Waals surface area contributed by atoms with Crippen LogP contribution in [0.25, 0.3) is 6.08 Å². The predicted molar refractivity (Wildman–Crippen MR) is 84.4 cm³/mol. The Kier molecular flexibility index (Phi) is 7.42. The third-order valence-electron chi connectivity index (χ3n) is 3.07. The van der Waals surface area contributed by atoms with Gasteiger partial charge in [-0.2, -0.15) is 5.10 Å². The molecule has 0 saturated heterocycles. The van der Waals surface area contributed by atoms with E-state index in [1.807, 2.05) is 14.0 Å². The molecule has 1 aromatic heterocycles. The molecule has 1 N–H and O–H groups in total. The van der Waals surface area contributed by atoms with Crippen LogP contribution in [0.1, 0.15) is 11.3 Å². The van der Waals surface area contributed by atoms with Gasteiger partial charge < -0.3 is 15.0 Å². The van der Waals surface area contributed by atoms with Gasteiger partial charge in [-0.25, -0.2) is 0 Å². The number of aryl methyl sites for hydroxylation is 2. The van der Waals surface area contributed by atoms with Crippen LogP contribution in [-0.2, 0) is 16.6 Å². The second kappa shape index (κ2) is 8.81. The van der Waals surface area contributed by atoms with Crippen LogP contribution < -0.4 is 5.32 Å². The molecule has 118 valence electrons. The SMILES string of the molecule is COCCN(C)CCNC(=O)/C=C\c1c(C)nn(C)c1Cl. The molecule has 0 fully saturated rings. The number of likely N-dealkylation sites (N-methyl/N-ethyl adjacent to an activating group) is 1. The Morgan fingerprint density at radius 1 is 1.52 bits per heavy atom.